The van der Waals surface area contributed by atoms with Gasteiger partial charge in [0.1, 0.15) is 4.32 Å². The highest BCUT2D eigenvalue weighted by molar-refractivity contribution is 8.26. The molecule has 6 heteroatoms. The molecule has 168 valence electrons. The zero-order valence-electron chi connectivity index (χ0n) is 19.3. The van der Waals surface area contributed by atoms with Crippen molar-refractivity contribution in [3.63, 3.8) is 0 Å². The van der Waals surface area contributed by atoms with Gasteiger partial charge < -0.3 is 10.1 Å². The second-order valence-corrected chi connectivity index (χ2v) is 11.6. The maximum Gasteiger partial charge on any atom is 0.263 e. The zero-order valence-corrected chi connectivity index (χ0v) is 20.9. The number of rotatable bonds is 3. The molecule has 0 unspecified atom stereocenters. The van der Waals surface area contributed by atoms with Crippen LogP contribution in [-0.4, -0.2) is 17.3 Å². The lowest BCUT2D eigenvalue weighted by Gasteiger charge is -2.42. The first-order valence-electron chi connectivity index (χ1n) is 10.7. The molecule has 2 aromatic rings. The molecule has 0 aromatic heterocycles. The summed E-state index contributed by atoms with van der Waals surface area (Å²) >= 11 is 6.25. The molecule has 0 saturated carbocycles. The predicted octanol–water partition coefficient (Wildman–Crippen LogP) is 6.65. The fourth-order valence-corrected chi connectivity index (χ4v) is 5.73. The molecule has 2 aliphatic rings. The molecule has 4 rings (SSSR count). The van der Waals surface area contributed by atoms with Gasteiger partial charge in [0, 0.05) is 5.56 Å². The van der Waals surface area contributed by atoms with Crippen molar-refractivity contribution in [3.8, 4) is 16.9 Å². The summed E-state index contributed by atoms with van der Waals surface area (Å²) < 4.78 is 21.0. The molecule has 2 aromatic carbocycles. The van der Waals surface area contributed by atoms with E-state index in [1.807, 2.05) is 6.07 Å². The molecule has 0 atom stereocenters. The quantitative estimate of drug-likeness (QED) is 0.404. The van der Waals surface area contributed by atoms with E-state index >= 15 is 4.39 Å². The number of carbonyl (C=O) groups excluding carboxylic acids is 1. The Morgan fingerprint density at radius 1 is 1.06 bits per heavy atom. The lowest BCUT2D eigenvalue weighted by atomic mass is 9.62. The minimum Gasteiger partial charge on any atom is -0.493 e. The third kappa shape index (κ3) is 3.99. The highest BCUT2D eigenvalue weighted by Gasteiger charge is 2.37. The minimum absolute atomic E-state index is 0.0347. The van der Waals surface area contributed by atoms with Crippen molar-refractivity contribution in [1.29, 1.82) is 0 Å². The van der Waals surface area contributed by atoms with Crippen molar-refractivity contribution in [3.05, 3.63) is 57.2 Å². The van der Waals surface area contributed by atoms with Crippen LogP contribution >= 0.6 is 24.0 Å². The number of hydrogen-bond acceptors (Lipinski definition) is 4. The van der Waals surface area contributed by atoms with Crippen LogP contribution < -0.4 is 10.1 Å². The maximum absolute atomic E-state index is 15.1. The van der Waals surface area contributed by atoms with Crippen LogP contribution in [0.1, 0.15) is 62.8 Å². The van der Waals surface area contributed by atoms with Crippen LogP contribution in [0.2, 0.25) is 0 Å². The number of carbonyl (C=O) groups is 1. The van der Waals surface area contributed by atoms with Gasteiger partial charge in [-0.05, 0) is 82.7 Å². The van der Waals surface area contributed by atoms with Crippen molar-refractivity contribution >= 4 is 40.3 Å². The van der Waals surface area contributed by atoms with E-state index in [1.54, 1.807) is 6.08 Å². The van der Waals surface area contributed by atoms with E-state index in [-0.39, 0.29) is 22.5 Å². The smallest absolute Gasteiger partial charge is 0.263 e. The number of benzene rings is 2. The average Bonchev–Trinajstić information content (AvgIpc) is 3.01. The lowest BCUT2D eigenvalue weighted by molar-refractivity contribution is -0.115. The number of ether oxygens (including phenoxy) is 1. The van der Waals surface area contributed by atoms with Crippen LogP contribution in [-0.2, 0) is 15.6 Å². The van der Waals surface area contributed by atoms with Gasteiger partial charge in [0.05, 0.1) is 12.0 Å². The van der Waals surface area contributed by atoms with Gasteiger partial charge in [-0.3, -0.25) is 4.79 Å². The van der Waals surface area contributed by atoms with Gasteiger partial charge >= 0.3 is 0 Å². The monoisotopic (exact) mass is 469 g/mol. The van der Waals surface area contributed by atoms with Crippen LogP contribution in [0.25, 0.3) is 17.2 Å². The van der Waals surface area contributed by atoms with Gasteiger partial charge in [-0.2, -0.15) is 0 Å². The number of amides is 1. The van der Waals surface area contributed by atoms with Crippen LogP contribution in [0.4, 0.5) is 4.39 Å². The standard InChI is InChI=1S/C26H28FNO2S2/c1-14-9-18-19(26(4,5)8-7-25(18,2)3)13-16(14)17-10-15(11-20(27)22(17)30-6)12-21-23(29)28-24(31)32-21/h9-13H,7-8H2,1-6H3,(H,28,29,31)/b21-12-. The van der Waals surface area contributed by atoms with E-state index < -0.39 is 5.82 Å². The Kier molecular flexibility index (Phi) is 5.74. The summed E-state index contributed by atoms with van der Waals surface area (Å²) in [5.74, 6) is -0.506. The van der Waals surface area contributed by atoms with Crippen molar-refractivity contribution in [1.82, 2.24) is 5.32 Å². The average molecular weight is 470 g/mol. The molecular formula is C26H28FNO2S2. The van der Waals surface area contributed by atoms with Crippen LogP contribution in [0.5, 0.6) is 5.75 Å². The van der Waals surface area contributed by atoms with Gasteiger partial charge in [0.25, 0.3) is 5.91 Å². The molecule has 32 heavy (non-hydrogen) atoms. The number of halogens is 1. The Morgan fingerprint density at radius 2 is 1.69 bits per heavy atom. The topological polar surface area (TPSA) is 38.3 Å². The number of fused-ring (bicyclic) bond motifs is 1. The van der Waals surface area contributed by atoms with Crippen molar-refractivity contribution in [2.75, 3.05) is 7.11 Å². The van der Waals surface area contributed by atoms with E-state index in [9.17, 15) is 4.79 Å². The summed E-state index contributed by atoms with van der Waals surface area (Å²) in [5, 5.41) is 2.60. The molecule has 1 fully saturated rings. The minimum atomic E-state index is -0.459. The largest absolute Gasteiger partial charge is 0.493 e. The highest BCUT2D eigenvalue weighted by Crippen LogP contribution is 2.48. The van der Waals surface area contributed by atoms with E-state index in [0.717, 1.165) is 24.0 Å². The van der Waals surface area contributed by atoms with Gasteiger partial charge in [0.15, 0.2) is 11.6 Å². The Balaban J connectivity index is 1.92. The first-order valence-corrected chi connectivity index (χ1v) is 11.9. The van der Waals surface area contributed by atoms with Crippen LogP contribution in [0.3, 0.4) is 0 Å². The first kappa shape index (κ1) is 23.0. The van der Waals surface area contributed by atoms with Crippen molar-refractivity contribution in [2.45, 2.75) is 58.3 Å². The summed E-state index contributed by atoms with van der Waals surface area (Å²) in [6.07, 6.45) is 3.90. The number of hydrogen-bond donors (Lipinski definition) is 1. The van der Waals surface area contributed by atoms with Crippen LogP contribution in [0.15, 0.2) is 29.2 Å². The fourth-order valence-electron chi connectivity index (χ4n) is 4.69. The molecule has 0 spiro atoms. The van der Waals surface area contributed by atoms with Gasteiger partial charge in [-0.25, -0.2) is 4.39 Å². The molecule has 3 nitrogen and oxygen atoms in total. The number of methoxy groups -OCH3 is 1. The number of aryl methyl sites for hydroxylation is 1. The van der Waals surface area contributed by atoms with Crippen molar-refractivity contribution in [2.24, 2.45) is 0 Å². The number of thioether (sulfide) groups is 1. The molecule has 0 bridgehead atoms. The third-order valence-corrected chi connectivity index (χ3v) is 7.86. The van der Waals surface area contributed by atoms with Gasteiger partial charge in [-0.1, -0.05) is 57.7 Å². The lowest BCUT2D eigenvalue weighted by Crippen LogP contribution is -2.34. The maximum atomic E-state index is 15.1. The first-order chi connectivity index (χ1) is 14.9. The normalized spacial score (nSPS) is 20.3. The summed E-state index contributed by atoms with van der Waals surface area (Å²) in [6, 6.07) is 7.75. The molecule has 0 radical (unpaired) electrons. The summed E-state index contributed by atoms with van der Waals surface area (Å²) in [5.41, 5.74) is 6.10. The Hall–Kier alpha value is -2.18. The summed E-state index contributed by atoms with van der Waals surface area (Å²) in [6.45, 7) is 11.2. The van der Waals surface area contributed by atoms with Gasteiger partial charge in [-0.15, -0.1) is 0 Å². The van der Waals surface area contributed by atoms with E-state index in [1.165, 1.54) is 36.1 Å². The predicted molar refractivity (Wildman–Crippen MR) is 135 cm³/mol. The zero-order chi connectivity index (χ0) is 23.4. The van der Waals surface area contributed by atoms with E-state index in [2.05, 4.69) is 52.1 Å². The Morgan fingerprint density at radius 3 is 2.25 bits per heavy atom. The van der Waals surface area contributed by atoms with Crippen LogP contribution in [0, 0.1) is 12.7 Å². The SMILES string of the molecule is COc1c(F)cc(/C=C2\SC(=S)NC2=O)cc1-c1cc2c(cc1C)C(C)(C)CCC2(C)C. The molecule has 1 aliphatic heterocycles. The summed E-state index contributed by atoms with van der Waals surface area (Å²) in [4.78, 5) is 12.5. The molecule has 1 heterocycles. The molecule has 1 saturated heterocycles. The van der Waals surface area contributed by atoms with Gasteiger partial charge in [0.2, 0.25) is 0 Å². The van der Waals surface area contributed by atoms with E-state index in [0.29, 0.717) is 20.4 Å². The third-order valence-electron chi connectivity index (χ3n) is 6.70. The number of thiocarbonyl (C=S) groups is 1. The molecular weight excluding hydrogens is 441 g/mol. The number of nitrogens with one attached hydrogen (secondary N) is 1. The highest BCUT2D eigenvalue weighted by atomic mass is 32.2. The van der Waals surface area contributed by atoms with E-state index in [4.69, 9.17) is 17.0 Å². The molecule has 1 amide bonds. The second kappa shape index (κ2) is 7.99. The Labute approximate surface area is 198 Å². The summed E-state index contributed by atoms with van der Waals surface area (Å²) in [7, 11) is 1.49. The molecule has 1 N–H and O–H groups in total. The van der Waals surface area contributed by atoms with Crippen molar-refractivity contribution < 1.29 is 13.9 Å². The second-order valence-electron chi connectivity index (χ2n) is 9.92. The Bertz CT molecular complexity index is 1180. The fraction of sp³-hybridized carbons (Fsp3) is 0.385. The molecule has 1 aliphatic carbocycles.